The van der Waals surface area contributed by atoms with E-state index in [1.165, 1.54) is 0 Å². The lowest BCUT2D eigenvalue weighted by molar-refractivity contribution is 0.563. The van der Waals surface area contributed by atoms with Gasteiger partial charge in [0.25, 0.3) is 0 Å². The predicted molar refractivity (Wildman–Crippen MR) is 44.0 cm³/mol. The smallest absolute Gasteiger partial charge is 0.233 e. The van der Waals surface area contributed by atoms with Crippen LogP contribution in [0.5, 0.6) is 0 Å². The van der Waals surface area contributed by atoms with E-state index in [1.807, 2.05) is 18.4 Å². The van der Waals surface area contributed by atoms with Gasteiger partial charge in [0.05, 0.1) is 0 Å². The maximum atomic E-state index is 10.1. The van der Waals surface area contributed by atoms with Crippen LogP contribution in [-0.4, -0.2) is 12.8 Å². The molecule has 1 rings (SSSR count). The van der Waals surface area contributed by atoms with Gasteiger partial charge in [0, 0.05) is 5.56 Å². The fourth-order valence-corrected chi connectivity index (χ4v) is 0.906. The molecule has 2 N–H and O–H groups in total. The number of nitrogens with two attached hydrogens (primary N) is 1. The van der Waals surface area contributed by atoms with Gasteiger partial charge >= 0.3 is 0 Å². The van der Waals surface area contributed by atoms with Crippen molar-refractivity contribution in [1.29, 1.82) is 0 Å². The Hall–Kier alpha value is -1.15. The molecule has 0 heterocycles. The van der Waals surface area contributed by atoms with Gasteiger partial charge in [0.15, 0.2) is 0 Å². The standard InChI is InChI=1S/C9H10NO/c10-6-5-8-1-3-9(7-11)4-2-8/h1-4H,5-6,10H2. The zero-order valence-corrected chi connectivity index (χ0v) is 6.21. The highest BCUT2D eigenvalue weighted by molar-refractivity contribution is 5.75. The quantitative estimate of drug-likeness (QED) is 0.683. The topological polar surface area (TPSA) is 43.1 Å². The zero-order chi connectivity index (χ0) is 8.10. The lowest BCUT2D eigenvalue weighted by Gasteiger charge is -1.96. The highest BCUT2D eigenvalue weighted by Crippen LogP contribution is 2.01. The van der Waals surface area contributed by atoms with Crippen molar-refractivity contribution >= 4 is 6.29 Å². The number of benzene rings is 1. The summed E-state index contributed by atoms with van der Waals surface area (Å²) in [4.78, 5) is 10.1. The SMILES string of the molecule is NCCc1ccc([C]=O)cc1. The van der Waals surface area contributed by atoms with Crippen molar-refractivity contribution in [2.45, 2.75) is 6.42 Å². The lowest BCUT2D eigenvalue weighted by atomic mass is 10.1. The highest BCUT2D eigenvalue weighted by Gasteiger charge is 1.91. The molecule has 0 aromatic heterocycles. The predicted octanol–water partition coefficient (Wildman–Crippen LogP) is 0.646. The molecule has 2 heteroatoms. The van der Waals surface area contributed by atoms with Crippen LogP contribution < -0.4 is 5.73 Å². The third kappa shape index (κ3) is 2.16. The Bertz CT molecular complexity index is 228. The van der Waals surface area contributed by atoms with E-state index < -0.39 is 0 Å². The van der Waals surface area contributed by atoms with E-state index in [2.05, 4.69) is 0 Å². The minimum atomic E-state index is 0.589. The molecule has 1 aromatic rings. The summed E-state index contributed by atoms with van der Waals surface area (Å²) in [5.41, 5.74) is 7.10. The Kier molecular flexibility index (Phi) is 2.81. The Morgan fingerprint density at radius 3 is 2.36 bits per heavy atom. The van der Waals surface area contributed by atoms with Crippen LogP contribution in [0.1, 0.15) is 11.1 Å². The van der Waals surface area contributed by atoms with Gasteiger partial charge in [-0.1, -0.05) is 24.3 Å². The van der Waals surface area contributed by atoms with Crippen LogP contribution in [0.25, 0.3) is 0 Å². The second-order valence-electron chi connectivity index (χ2n) is 2.34. The van der Waals surface area contributed by atoms with Crippen molar-refractivity contribution in [3.05, 3.63) is 35.4 Å². The van der Waals surface area contributed by atoms with Crippen LogP contribution >= 0.6 is 0 Å². The molecule has 57 valence electrons. The average molecular weight is 148 g/mol. The van der Waals surface area contributed by atoms with Crippen LogP contribution in [0, 0.1) is 0 Å². The molecule has 0 atom stereocenters. The summed E-state index contributed by atoms with van der Waals surface area (Å²) < 4.78 is 0. The van der Waals surface area contributed by atoms with Crippen LogP contribution in [0.2, 0.25) is 0 Å². The van der Waals surface area contributed by atoms with Crippen molar-refractivity contribution < 1.29 is 4.79 Å². The summed E-state index contributed by atoms with van der Waals surface area (Å²) in [6.45, 7) is 0.643. The molecule has 0 aliphatic heterocycles. The molecule has 0 saturated carbocycles. The molecule has 0 bridgehead atoms. The molecule has 0 saturated heterocycles. The summed E-state index contributed by atoms with van der Waals surface area (Å²) in [6.07, 6.45) is 2.68. The van der Waals surface area contributed by atoms with Crippen molar-refractivity contribution in [2.24, 2.45) is 5.73 Å². The number of carbonyl (C=O) groups excluding carboxylic acids is 1. The minimum absolute atomic E-state index is 0.589. The fourth-order valence-electron chi connectivity index (χ4n) is 0.906. The highest BCUT2D eigenvalue weighted by atomic mass is 16.1. The van der Waals surface area contributed by atoms with Gasteiger partial charge in [-0.3, -0.25) is 4.79 Å². The zero-order valence-electron chi connectivity index (χ0n) is 6.21. The summed E-state index contributed by atoms with van der Waals surface area (Å²) >= 11 is 0. The minimum Gasteiger partial charge on any atom is -0.330 e. The summed E-state index contributed by atoms with van der Waals surface area (Å²) in [5, 5.41) is 0. The molecule has 0 spiro atoms. The summed E-state index contributed by atoms with van der Waals surface area (Å²) in [7, 11) is 0. The molecular formula is C9H10NO. The van der Waals surface area contributed by atoms with E-state index in [-0.39, 0.29) is 0 Å². The normalized spacial score (nSPS) is 9.55. The first kappa shape index (κ1) is 7.95. The van der Waals surface area contributed by atoms with Gasteiger partial charge in [-0.15, -0.1) is 0 Å². The summed E-state index contributed by atoms with van der Waals surface area (Å²) in [5.74, 6) is 0. The molecule has 0 aliphatic carbocycles. The van der Waals surface area contributed by atoms with Crippen LogP contribution in [0.4, 0.5) is 0 Å². The Balaban J connectivity index is 2.74. The van der Waals surface area contributed by atoms with E-state index in [9.17, 15) is 4.79 Å². The van der Waals surface area contributed by atoms with E-state index >= 15 is 0 Å². The van der Waals surface area contributed by atoms with Crippen molar-refractivity contribution in [1.82, 2.24) is 0 Å². The molecule has 0 amide bonds. The van der Waals surface area contributed by atoms with Crippen LogP contribution in [-0.2, 0) is 11.2 Å². The van der Waals surface area contributed by atoms with Gasteiger partial charge < -0.3 is 5.73 Å². The van der Waals surface area contributed by atoms with Gasteiger partial charge in [0.2, 0.25) is 6.29 Å². The molecule has 2 nitrogen and oxygen atoms in total. The number of hydrogen-bond donors (Lipinski definition) is 1. The lowest BCUT2D eigenvalue weighted by Crippen LogP contribution is -2.02. The third-order valence-electron chi connectivity index (χ3n) is 1.50. The van der Waals surface area contributed by atoms with Crippen molar-refractivity contribution in [3.63, 3.8) is 0 Å². The molecule has 0 aliphatic rings. The van der Waals surface area contributed by atoms with Crippen LogP contribution in [0.15, 0.2) is 24.3 Å². The van der Waals surface area contributed by atoms with Crippen molar-refractivity contribution in [3.8, 4) is 0 Å². The first-order chi connectivity index (χ1) is 5.36. The first-order valence-corrected chi connectivity index (χ1v) is 3.54. The molecule has 1 radical (unpaired) electrons. The molecular weight excluding hydrogens is 138 g/mol. The first-order valence-electron chi connectivity index (χ1n) is 3.54. The van der Waals surface area contributed by atoms with E-state index in [0.717, 1.165) is 12.0 Å². The Labute approximate surface area is 66.0 Å². The molecule has 11 heavy (non-hydrogen) atoms. The fraction of sp³-hybridized carbons (Fsp3) is 0.222. The van der Waals surface area contributed by atoms with Crippen molar-refractivity contribution in [2.75, 3.05) is 6.54 Å². The second-order valence-corrected chi connectivity index (χ2v) is 2.34. The maximum absolute atomic E-state index is 10.1. The molecule has 0 fully saturated rings. The number of rotatable bonds is 3. The van der Waals surface area contributed by atoms with E-state index in [4.69, 9.17) is 5.73 Å². The molecule has 1 aromatic carbocycles. The van der Waals surface area contributed by atoms with E-state index in [0.29, 0.717) is 12.1 Å². The van der Waals surface area contributed by atoms with Gasteiger partial charge in [-0.05, 0) is 18.5 Å². The maximum Gasteiger partial charge on any atom is 0.233 e. The average Bonchev–Trinajstić information content (AvgIpc) is 2.07. The van der Waals surface area contributed by atoms with Crippen LogP contribution in [0.3, 0.4) is 0 Å². The Morgan fingerprint density at radius 2 is 1.91 bits per heavy atom. The monoisotopic (exact) mass is 148 g/mol. The van der Waals surface area contributed by atoms with Gasteiger partial charge in [0.1, 0.15) is 0 Å². The Morgan fingerprint density at radius 1 is 1.27 bits per heavy atom. The largest absolute Gasteiger partial charge is 0.330 e. The van der Waals surface area contributed by atoms with Gasteiger partial charge in [-0.25, -0.2) is 0 Å². The van der Waals surface area contributed by atoms with E-state index in [1.54, 1.807) is 12.1 Å². The number of hydrogen-bond acceptors (Lipinski definition) is 2. The summed E-state index contributed by atoms with van der Waals surface area (Å²) in [6, 6.07) is 7.29. The van der Waals surface area contributed by atoms with Gasteiger partial charge in [-0.2, -0.15) is 0 Å². The molecule has 0 unspecified atom stereocenters. The third-order valence-corrected chi connectivity index (χ3v) is 1.50. The second kappa shape index (κ2) is 3.88.